The molecule has 1 atom stereocenters. The Morgan fingerprint density at radius 3 is 2.20 bits per heavy atom. The molecule has 0 aliphatic carbocycles. The molecular formula is C15H8Cl3NO. The quantitative estimate of drug-likeness (QED) is 0.734. The number of halogens is 3. The summed E-state index contributed by atoms with van der Waals surface area (Å²) < 4.78 is 0. The minimum atomic E-state index is -0.941. The Morgan fingerprint density at radius 2 is 1.60 bits per heavy atom. The molecule has 0 bridgehead atoms. The largest absolute Gasteiger partial charge is 0.292 e. The topological polar surface area (TPSA) is 40.9 Å². The van der Waals surface area contributed by atoms with Gasteiger partial charge >= 0.3 is 0 Å². The van der Waals surface area contributed by atoms with E-state index < -0.39 is 5.92 Å². The monoisotopic (exact) mass is 323 g/mol. The number of Topliss-reactive ketones (excluding diaryl/α,β-unsaturated/α-hetero) is 1. The maximum Gasteiger partial charge on any atom is 0.185 e. The molecular weight excluding hydrogens is 317 g/mol. The Morgan fingerprint density at radius 1 is 1.00 bits per heavy atom. The summed E-state index contributed by atoms with van der Waals surface area (Å²) in [6.45, 7) is 0. The predicted octanol–water partition coefficient (Wildman–Crippen LogP) is 5.14. The molecule has 0 saturated heterocycles. The average Bonchev–Trinajstić information content (AvgIpc) is 2.44. The van der Waals surface area contributed by atoms with Crippen molar-refractivity contribution in [1.82, 2.24) is 0 Å². The summed E-state index contributed by atoms with van der Waals surface area (Å²) in [4.78, 5) is 12.4. The van der Waals surface area contributed by atoms with E-state index in [1.807, 2.05) is 6.07 Å². The Hall–Kier alpha value is -1.53. The third-order valence-electron chi connectivity index (χ3n) is 2.79. The predicted molar refractivity (Wildman–Crippen MR) is 80.6 cm³/mol. The molecule has 2 aromatic rings. The highest BCUT2D eigenvalue weighted by molar-refractivity contribution is 6.36. The molecule has 2 aromatic carbocycles. The van der Waals surface area contributed by atoms with E-state index in [9.17, 15) is 10.1 Å². The van der Waals surface area contributed by atoms with Gasteiger partial charge in [-0.05, 0) is 35.9 Å². The van der Waals surface area contributed by atoms with E-state index in [1.165, 1.54) is 12.1 Å². The molecule has 5 heteroatoms. The minimum Gasteiger partial charge on any atom is -0.292 e. The molecule has 0 amide bonds. The number of carbonyl (C=O) groups is 1. The lowest BCUT2D eigenvalue weighted by Gasteiger charge is -2.10. The lowest BCUT2D eigenvalue weighted by atomic mass is 9.92. The molecule has 0 aliphatic rings. The zero-order chi connectivity index (χ0) is 14.7. The number of nitrogens with zero attached hydrogens (tertiary/aromatic N) is 1. The standard InChI is InChI=1S/C15H8Cl3NO/c16-10-3-1-9(2-4-10)13(8-19)15(20)12-7-11(17)5-6-14(12)18/h1-7,13H. The van der Waals surface area contributed by atoms with Crippen LogP contribution >= 0.6 is 34.8 Å². The maximum atomic E-state index is 12.4. The van der Waals surface area contributed by atoms with E-state index in [-0.39, 0.29) is 16.4 Å². The summed E-state index contributed by atoms with van der Waals surface area (Å²) >= 11 is 17.7. The summed E-state index contributed by atoms with van der Waals surface area (Å²) in [5, 5.41) is 10.5. The number of benzene rings is 2. The van der Waals surface area contributed by atoms with E-state index in [1.54, 1.807) is 30.3 Å². The fourth-order valence-corrected chi connectivity index (χ4v) is 2.29. The number of hydrogen-bond acceptors (Lipinski definition) is 2. The van der Waals surface area contributed by atoms with E-state index in [0.29, 0.717) is 15.6 Å². The number of hydrogen-bond donors (Lipinski definition) is 0. The molecule has 0 fully saturated rings. The van der Waals surface area contributed by atoms with Crippen LogP contribution in [0.3, 0.4) is 0 Å². The van der Waals surface area contributed by atoms with Gasteiger partial charge in [0.1, 0.15) is 5.92 Å². The lowest BCUT2D eigenvalue weighted by Crippen LogP contribution is -2.11. The highest BCUT2D eigenvalue weighted by Crippen LogP contribution is 2.28. The van der Waals surface area contributed by atoms with E-state index in [2.05, 4.69) is 0 Å². The summed E-state index contributed by atoms with van der Waals surface area (Å²) in [6, 6.07) is 13.1. The first kappa shape index (κ1) is 14.9. The van der Waals surface area contributed by atoms with Crippen LogP contribution in [0.2, 0.25) is 15.1 Å². The molecule has 0 radical (unpaired) electrons. The fourth-order valence-electron chi connectivity index (χ4n) is 1.78. The van der Waals surface area contributed by atoms with Gasteiger partial charge in [-0.2, -0.15) is 5.26 Å². The summed E-state index contributed by atoms with van der Waals surface area (Å²) in [5.41, 5.74) is 0.804. The molecule has 2 nitrogen and oxygen atoms in total. The van der Waals surface area contributed by atoms with Crippen LogP contribution in [-0.2, 0) is 0 Å². The second kappa shape index (κ2) is 6.28. The van der Waals surface area contributed by atoms with Crippen molar-refractivity contribution in [3.05, 3.63) is 68.7 Å². The second-order valence-electron chi connectivity index (χ2n) is 4.10. The van der Waals surface area contributed by atoms with E-state index in [4.69, 9.17) is 34.8 Å². The van der Waals surface area contributed by atoms with Crippen LogP contribution in [0.1, 0.15) is 21.8 Å². The van der Waals surface area contributed by atoms with Gasteiger partial charge in [-0.3, -0.25) is 4.79 Å². The van der Waals surface area contributed by atoms with Gasteiger partial charge in [0.15, 0.2) is 5.78 Å². The first-order valence-corrected chi connectivity index (χ1v) is 6.80. The van der Waals surface area contributed by atoms with Gasteiger partial charge in [0, 0.05) is 15.6 Å². The highest BCUT2D eigenvalue weighted by Gasteiger charge is 2.23. The normalized spacial score (nSPS) is 11.7. The van der Waals surface area contributed by atoms with Crippen molar-refractivity contribution in [3.8, 4) is 6.07 Å². The van der Waals surface area contributed by atoms with Crippen molar-refractivity contribution < 1.29 is 4.79 Å². The lowest BCUT2D eigenvalue weighted by molar-refractivity contribution is 0.0979. The van der Waals surface area contributed by atoms with Crippen molar-refractivity contribution in [1.29, 1.82) is 5.26 Å². The minimum absolute atomic E-state index is 0.237. The number of rotatable bonds is 3. The Bertz CT molecular complexity index is 689. The van der Waals surface area contributed by atoms with Crippen LogP contribution in [0.4, 0.5) is 0 Å². The Labute approximate surface area is 131 Å². The molecule has 2 rings (SSSR count). The van der Waals surface area contributed by atoms with Gasteiger partial charge in [-0.1, -0.05) is 46.9 Å². The zero-order valence-corrected chi connectivity index (χ0v) is 12.4. The molecule has 20 heavy (non-hydrogen) atoms. The second-order valence-corrected chi connectivity index (χ2v) is 5.38. The third-order valence-corrected chi connectivity index (χ3v) is 3.61. The maximum absolute atomic E-state index is 12.4. The molecule has 0 heterocycles. The van der Waals surface area contributed by atoms with Gasteiger partial charge < -0.3 is 0 Å². The first-order valence-electron chi connectivity index (χ1n) is 5.67. The van der Waals surface area contributed by atoms with Gasteiger partial charge in [-0.25, -0.2) is 0 Å². The van der Waals surface area contributed by atoms with Crippen LogP contribution in [0.25, 0.3) is 0 Å². The molecule has 0 spiro atoms. The van der Waals surface area contributed by atoms with Crippen LogP contribution in [0.15, 0.2) is 42.5 Å². The van der Waals surface area contributed by atoms with Crippen LogP contribution in [0.5, 0.6) is 0 Å². The van der Waals surface area contributed by atoms with E-state index >= 15 is 0 Å². The van der Waals surface area contributed by atoms with E-state index in [0.717, 1.165) is 0 Å². The van der Waals surface area contributed by atoms with Crippen LogP contribution in [-0.4, -0.2) is 5.78 Å². The van der Waals surface area contributed by atoms with Gasteiger partial charge in [0.25, 0.3) is 0 Å². The van der Waals surface area contributed by atoms with Gasteiger partial charge in [0.05, 0.1) is 11.1 Å². The summed E-state index contributed by atoms with van der Waals surface area (Å²) in [7, 11) is 0. The molecule has 1 unspecified atom stereocenters. The number of nitriles is 1. The van der Waals surface area contributed by atoms with Crippen molar-refractivity contribution in [2.45, 2.75) is 5.92 Å². The van der Waals surface area contributed by atoms with Gasteiger partial charge in [0.2, 0.25) is 0 Å². The summed E-state index contributed by atoms with van der Waals surface area (Å²) in [5.74, 6) is -1.33. The van der Waals surface area contributed by atoms with Crippen LogP contribution < -0.4 is 0 Å². The van der Waals surface area contributed by atoms with Crippen molar-refractivity contribution in [2.24, 2.45) is 0 Å². The molecule has 0 saturated carbocycles. The van der Waals surface area contributed by atoms with Gasteiger partial charge in [-0.15, -0.1) is 0 Å². The molecule has 100 valence electrons. The Kier molecular flexibility index (Phi) is 4.67. The fraction of sp³-hybridized carbons (Fsp3) is 0.0667. The summed E-state index contributed by atoms with van der Waals surface area (Å²) in [6.07, 6.45) is 0. The van der Waals surface area contributed by atoms with Crippen molar-refractivity contribution in [3.63, 3.8) is 0 Å². The first-order chi connectivity index (χ1) is 9.52. The number of carbonyl (C=O) groups excluding carboxylic acids is 1. The van der Waals surface area contributed by atoms with Crippen molar-refractivity contribution in [2.75, 3.05) is 0 Å². The zero-order valence-electron chi connectivity index (χ0n) is 10.1. The SMILES string of the molecule is N#CC(C(=O)c1cc(Cl)ccc1Cl)c1ccc(Cl)cc1. The molecule has 0 aromatic heterocycles. The Balaban J connectivity index is 2.42. The third kappa shape index (κ3) is 3.13. The highest BCUT2D eigenvalue weighted by atomic mass is 35.5. The molecule has 0 aliphatic heterocycles. The van der Waals surface area contributed by atoms with Crippen molar-refractivity contribution >= 4 is 40.6 Å². The van der Waals surface area contributed by atoms with Crippen LogP contribution in [0, 0.1) is 11.3 Å². The smallest absolute Gasteiger partial charge is 0.185 e. The number of ketones is 1. The average molecular weight is 325 g/mol. The molecule has 0 N–H and O–H groups in total.